The van der Waals surface area contributed by atoms with Crippen molar-refractivity contribution in [2.24, 2.45) is 0 Å². The van der Waals surface area contributed by atoms with E-state index in [1.807, 2.05) is 35.7 Å². The van der Waals surface area contributed by atoms with Gasteiger partial charge >= 0.3 is 12.0 Å². The molecule has 0 spiro atoms. The van der Waals surface area contributed by atoms with Crippen molar-refractivity contribution >= 4 is 29.0 Å². The number of hydrogen-bond acceptors (Lipinski definition) is 6. The van der Waals surface area contributed by atoms with Crippen LogP contribution in [0, 0.1) is 0 Å². The first-order valence-corrected chi connectivity index (χ1v) is 11.1. The Hall–Kier alpha value is -2.84. The number of urea groups is 1. The zero-order valence-corrected chi connectivity index (χ0v) is 17.8. The number of rotatable bonds is 6. The van der Waals surface area contributed by atoms with Gasteiger partial charge in [0.15, 0.2) is 0 Å². The van der Waals surface area contributed by atoms with E-state index in [4.69, 9.17) is 4.74 Å². The Morgan fingerprint density at radius 1 is 1.13 bits per heavy atom. The molecule has 2 aliphatic rings. The Kier molecular flexibility index (Phi) is 6.35. The van der Waals surface area contributed by atoms with Crippen molar-refractivity contribution in [2.45, 2.75) is 13.0 Å². The predicted molar refractivity (Wildman–Crippen MR) is 117 cm³/mol. The van der Waals surface area contributed by atoms with Crippen LogP contribution < -0.4 is 15.5 Å². The molecule has 0 saturated carbocycles. The SMILES string of the molecule is CCOC(=O)C1=C(CN2CCN(c3ccccc3)CC2)NC(=O)NC1c1cccs1. The van der Waals surface area contributed by atoms with Crippen LogP contribution in [0.25, 0.3) is 0 Å². The van der Waals surface area contributed by atoms with Crippen molar-refractivity contribution in [1.82, 2.24) is 15.5 Å². The highest BCUT2D eigenvalue weighted by Gasteiger charge is 2.35. The second-order valence-corrected chi connectivity index (χ2v) is 8.24. The van der Waals surface area contributed by atoms with Crippen LogP contribution in [-0.4, -0.2) is 56.2 Å². The normalized spacial score (nSPS) is 20.0. The molecule has 4 rings (SSSR count). The van der Waals surface area contributed by atoms with Crippen molar-refractivity contribution in [3.8, 4) is 0 Å². The predicted octanol–water partition coefficient (Wildman–Crippen LogP) is 2.74. The molecular weight excluding hydrogens is 400 g/mol. The summed E-state index contributed by atoms with van der Waals surface area (Å²) in [5.41, 5.74) is 2.34. The van der Waals surface area contributed by atoms with Gasteiger partial charge in [-0.2, -0.15) is 0 Å². The molecule has 1 unspecified atom stereocenters. The van der Waals surface area contributed by atoms with Gasteiger partial charge in [-0.3, -0.25) is 4.90 Å². The number of ether oxygens (including phenoxy) is 1. The molecule has 0 aliphatic carbocycles. The van der Waals surface area contributed by atoms with E-state index < -0.39 is 6.04 Å². The number of amides is 2. The number of nitrogens with one attached hydrogen (secondary N) is 2. The number of anilines is 1. The highest BCUT2D eigenvalue weighted by atomic mass is 32.1. The summed E-state index contributed by atoms with van der Waals surface area (Å²) in [6.07, 6.45) is 0. The second-order valence-electron chi connectivity index (χ2n) is 7.26. The Morgan fingerprint density at radius 2 is 1.90 bits per heavy atom. The van der Waals surface area contributed by atoms with E-state index in [0.29, 0.717) is 17.8 Å². The molecule has 1 atom stereocenters. The minimum absolute atomic E-state index is 0.288. The zero-order chi connectivity index (χ0) is 20.9. The summed E-state index contributed by atoms with van der Waals surface area (Å²) in [6, 6.07) is 13.4. The van der Waals surface area contributed by atoms with E-state index in [1.165, 1.54) is 17.0 Å². The standard InChI is InChI=1S/C22H26N4O3S/c1-2-29-21(27)19-17(23-22(28)24-20(19)18-9-6-14-30-18)15-25-10-12-26(13-11-25)16-7-4-3-5-8-16/h3-9,14,20H,2,10-13,15H2,1H3,(H2,23,24,28). The molecule has 1 aromatic heterocycles. The van der Waals surface area contributed by atoms with E-state index >= 15 is 0 Å². The monoisotopic (exact) mass is 426 g/mol. The van der Waals surface area contributed by atoms with E-state index in [-0.39, 0.29) is 18.6 Å². The molecule has 2 N–H and O–H groups in total. The third kappa shape index (κ3) is 4.49. The molecule has 30 heavy (non-hydrogen) atoms. The largest absolute Gasteiger partial charge is 0.463 e. The van der Waals surface area contributed by atoms with Crippen LogP contribution in [-0.2, 0) is 9.53 Å². The van der Waals surface area contributed by atoms with Gasteiger partial charge in [0.1, 0.15) is 0 Å². The van der Waals surface area contributed by atoms with Gasteiger partial charge in [-0.05, 0) is 30.5 Å². The number of benzene rings is 1. The van der Waals surface area contributed by atoms with E-state index in [9.17, 15) is 9.59 Å². The summed E-state index contributed by atoms with van der Waals surface area (Å²) >= 11 is 1.51. The molecule has 2 amide bonds. The molecule has 0 bridgehead atoms. The Labute approximate surface area is 180 Å². The number of esters is 1. The van der Waals surface area contributed by atoms with Gasteiger partial charge in [-0.25, -0.2) is 9.59 Å². The van der Waals surface area contributed by atoms with Gasteiger partial charge in [0.2, 0.25) is 0 Å². The Morgan fingerprint density at radius 3 is 2.57 bits per heavy atom. The van der Waals surface area contributed by atoms with E-state index in [0.717, 1.165) is 31.1 Å². The third-order valence-electron chi connectivity index (χ3n) is 5.35. The van der Waals surface area contributed by atoms with Crippen molar-refractivity contribution in [2.75, 3.05) is 44.2 Å². The molecule has 2 aliphatic heterocycles. The summed E-state index contributed by atoms with van der Waals surface area (Å²) in [5, 5.41) is 7.68. The minimum Gasteiger partial charge on any atom is -0.463 e. The highest BCUT2D eigenvalue weighted by molar-refractivity contribution is 7.10. The van der Waals surface area contributed by atoms with Crippen LogP contribution in [0.5, 0.6) is 0 Å². The van der Waals surface area contributed by atoms with Gasteiger partial charge in [0.25, 0.3) is 0 Å². The lowest BCUT2D eigenvalue weighted by Gasteiger charge is -2.37. The lowest BCUT2D eigenvalue weighted by Crippen LogP contribution is -2.51. The van der Waals surface area contributed by atoms with Crippen molar-refractivity contribution in [3.05, 3.63) is 64.0 Å². The molecule has 158 valence electrons. The van der Waals surface area contributed by atoms with Crippen LogP contribution in [0.3, 0.4) is 0 Å². The number of thiophene rings is 1. The van der Waals surface area contributed by atoms with Crippen LogP contribution >= 0.6 is 11.3 Å². The summed E-state index contributed by atoms with van der Waals surface area (Å²) in [6.45, 7) is 6.07. The molecule has 8 heteroatoms. The molecule has 2 aromatic rings. The molecular formula is C22H26N4O3S. The van der Waals surface area contributed by atoms with Crippen LogP contribution in [0.15, 0.2) is 59.1 Å². The second kappa shape index (κ2) is 9.32. The molecule has 1 fully saturated rings. The maximum absolute atomic E-state index is 12.8. The van der Waals surface area contributed by atoms with E-state index in [1.54, 1.807) is 6.92 Å². The maximum Gasteiger partial charge on any atom is 0.338 e. The van der Waals surface area contributed by atoms with E-state index in [2.05, 4.69) is 32.6 Å². The lowest BCUT2D eigenvalue weighted by molar-refractivity contribution is -0.139. The Bertz CT molecular complexity index is 906. The zero-order valence-electron chi connectivity index (χ0n) is 17.0. The number of nitrogens with zero attached hydrogens (tertiary/aromatic N) is 2. The number of piperazine rings is 1. The lowest BCUT2D eigenvalue weighted by atomic mass is 10.0. The molecule has 1 aromatic carbocycles. The Balaban J connectivity index is 1.53. The number of carbonyl (C=O) groups excluding carboxylic acids is 2. The smallest absolute Gasteiger partial charge is 0.338 e. The molecule has 1 saturated heterocycles. The average Bonchev–Trinajstić information content (AvgIpc) is 3.29. The van der Waals surface area contributed by atoms with Gasteiger partial charge in [0.05, 0.1) is 18.2 Å². The van der Waals surface area contributed by atoms with Crippen molar-refractivity contribution in [3.63, 3.8) is 0 Å². The molecule has 7 nitrogen and oxygen atoms in total. The fourth-order valence-corrected chi connectivity index (χ4v) is 4.67. The van der Waals surface area contributed by atoms with Crippen LogP contribution in [0.4, 0.5) is 10.5 Å². The van der Waals surface area contributed by atoms with Crippen LogP contribution in [0.1, 0.15) is 17.8 Å². The minimum atomic E-state index is -0.488. The summed E-state index contributed by atoms with van der Waals surface area (Å²) < 4.78 is 5.33. The summed E-state index contributed by atoms with van der Waals surface area (Å²) in [4.78, 5) is 30.7. The highest BCUT2D eigenvalue weighted by Crippen LogP contribution is 2.31. The van der Waals surface area contributed by atoms with Gasteiger partial charge < -0.3 is 20.3 Å². The molecule has 0 radical (unpaired) electrons. The first kappa shape index (κ1) is 20.4. The third-order valence-corrected chi connectivity index (χ3v) is 6.29. The van der Waals surface area contributed by atoms with Gasteiger partial charge in [-0.1, -0.05) is 24.3 Å². The first-order chi connectivity index (χ1) is 14.7. The number of hydrogen-bond donors (Lipinski definition) is 2. The van der Waals surface area contributed by atoms with Gasteiger partial charge in [0, 0.05) is 49.0 Å². The quantitative estimate of drug-likeness (QED) is 0.695. The van der Waals surface area contributed by atoms with Gasteiger partial charge in [-0.15, -0.1) is 11.3 Å². The van der Waals surface area contributed by atoms with Crippen molar-refractivity contribution in [1.29, 1.82) is 0 Å². The maximum atomic E-state index is 12.8. The van der Waals surface area contributed by atoms with Crippen LogP contribution in [0.2, 0.25) is 0 Å². The molecule has 3 heterocycles. The topological polar surface area (TPSA) is 73.9 Å². The first-order valence-electron chi connectivity index (χ1n) is 10.2. The summed E-state index contributed by atoms with van der Waals surface area (Å²) in [5.74, 6) is -0.388. The number of carbonyl (C=O) groups is 2. The fraction of sp³-hybridized carbons (Fsp3) is 0.364. The number of para-hydroxylation sites is 1. The fourth-order valence-electron chi connectivity index (χ4n) is 3.89. The summed E-state index contributed by atoms with van der Waals surface area (Å²) in [7, 11) is 0. The van der Waals surface area contributed by atoms with Crippen molar-refractivity contribution < 1.29 is 14.3 Å². The average molecular weight is 427 g/mol.